The lowest BCUT2D eigenvalue weighted by molar-refractivity contribution is 0.605. The fourth-order valence-corrected chi connectivity index (χ4v) is 1.55. The van der Waals surface area contributed by atoms with Crippen molar-refractivity contribution in [2.24, 2.45) is 0 Å². The SMILES string of the molecule is O=S(=O)(CCl)Nc1ccnc(Cl)c1. The summed E-state index contributed by atoms with van der Waals surface area (Å²) in [6.07, 6.45) is 1.40. The van der Waals surface area contributed by atoms with Gasteiger partial charge in [-0.3, -0.25) is 4.72 Å². The Kier molecular flexibility index (Phi) is 3.35. The molecule has 0 unspecified atom stereocenters. The van der Waals surface area contributed by atoms with Crippen LogP contribution in [0.25, 0.3) is 0 Å². The third-order valence-corrected chi connectivity index (χ3v) is 3.05. The first-order valence-electron chi connectivity index (χ1n) is 3.21. The van der Waals surface area contributed by atoms with Gasteiger partial charge in [-0.2, -0.15) is 0 Å². The first-order chi connectivity index (χ1) is 6.03. The summed E-state index contributed by atoms with van der Waals surface area (Å²) in [5.74, 6) is 0. The predicted octanol–water partition coefficient (Wildman–Crippen LogP) is 1.67. The smallest absolute Gasteiger partial charge is 0.246 e. The number of nitrogens with zero attached hydrogens (tertiary/aromatic N) is 1. The Morgan fingerprint density at radius 1 is 1.54 bits per heavy atom. The molecule has 0 saturated heterocycles. The summed E-state index contributed by atoms with van der Waals surface area (Å²) in [7, 11) is -3.46. The Labute approximate surface area is 85.9 Å². The number of alkyl halides is 1. The maximum absolute atomic E-state index is 11.0. The van der Waals surface area contributed by atoms with E-state index in [9.17, 15) is 8.42 Å². The molecule has 1 rings (SSSR count). The van der Waals surface area contributed by atoms with E-state index in [1.165, 1.54) is 18.3 Å². The van der Waals surface area contributed by atoms with Gasteiger partial charge in [-0.25, -0.2) is 13.4 Å². The van der Waals surface area contributed by atoms with Gasteiger partial charge in [0.15, 0.2) is 0 Å². The molecule has 0 fully saturated rings. The van der Waals surface area contributed by atoms with Crippen LogP contribution in [0, 0.1) is 0 Å². The highest BCUT2D eigenvalue weighted by Crippen LogP contribution is 2.13. The largest absolute Gasteiger partial charge is 0.282 e. The minimum atomic E-state index is -3.46. The van der Waals surface area contributed by atoms with E-state index in [0.29, 0.717) is 5.69 Å². The molecule has 1 N–H and O–H groups in total. The number of sulfonamides is 1. The summed E-state index contributed by atoms with van der Waals surface area (Å²) in [6, 6.07) is 2.88. The Balaban J connectivity index is 2.87. The molecule has 0 aliphatic rings. The quantitative estimate of drug-likeness (QED) is 0.646. The van der Waals surface area contributed by atoms with Crippen molar-refractivity contribution in [2.75, 3.05) is 9.93 Å². The van der Waals surface area contributed by atoms with E-state index >= 15 is 0 Å². The standard InChI is InChI=1S/C6H6Cl2N2O2S/c7-4-13(11,12)10-5-1-2-9-6(8)3-5/h1-3H,4H2,(H,9,10). The normalized spacial score (nSPS) is 11.2. The molecule has 0 aromatic carbocycles. The number of rotatable bonds is 3. The van der Waals surface area contributed by atoms with Crippen LogP contribution < -0.4 is 4.72 Å². The number of aromatic nitrogens is 1. The summed E-state index contributed by atoms with van der Waals surface area (Å²) in [5.41, 5.74) is 0.348. The second-order valence-corrected chi connectivity index (χ2v) is 4.89. The van der Waals surface area contributed by atoms with Crippen molar-refractivity contribution in [2.45, 2.75) is 0 Å². The zero-order valence-electron chi connectivity index (χ0n) is 6.37. The highest BCUT2D eigenvalue weighted by Gasteiger charge is 2.07. The van der Waals surface area contributed by atoms with Gasteiger partial charge in [-0.1, -0.05) is 11.6 Å². The molecule has 72 valence electrons. The molecule has 0 amide bonds. The van der Waals surface area contributed by atoms with Gasteiger partial charge in [0.25, 0.3) is 0 Å². The van der Waals surface area contributed by atoms with Crippen LogP contribution in [0.2, 0.25) is 5.15 Å². The lowest BCUT2D eigenvalue weighted by atomic mass is 10.4. The van der Waals surface area contributed by atoms with Crippen LogP contribution in [0.15, 0.2) is 18.3 Å². The molecule has 4 nitrogen and oxygen atoms in total. The van der Waals surface area contributed by atoms with Gasteiger partial charge >= 0.3 is 0 Å². The number of hydrogen-bond acceptors (Lipinski definition) is 3. The lowest BCUT2D eigenvalue weighted by Gasteiger charge is -2.03. The van der Waals surface area contributed by atoms with Crippen LogP contribution in [0.5, 0.6) is 0 Å². The van der Waals surface area contributed by atoms with Crippen molar-refractivity contribution in [3.05, 3.63) is 23.5 Å². The van der Waals surface area contributed by atoms with Gasteiger partial charge in [0.1, 0.15) is 10.4 Å². The first-order valence-corrected chi connectivity index (χ1v) is 5.78. The van der Waals surface area contributed by atoms with Gasteiger partial charge in [0.2, 0.25) is 10.0 Å². The van der Waals surface area contributed by atoms with Crippen LogP contribution in [-0.4, -0.2) is 18.6 Å². The van der Waals surface area contributed by atoms with E-state index in [2.05, 4.69) is 9.71 Å². The molecule has 0 spiro atoms. The average Bonchev–Trinajstić information content (AvgIpc) is 2.03. The van der Waals surface area contributed by atoms with Crippen molar-refractivity contribution >= 4 is 38.9 Å². The Bertz CT molecular complexity index is 393. The number of nitrogens with one attached hydrogen (secondary N) is 1. The second kappa shape index (κ2) is 4.13. The fourth-order valence-electron chi connectivity index (χ4n) is 0.673. The number of anilines is 1. The van der Waals surface area contributed by atoms with Gasteiger partial charge in [0.05, 0.1) is 5.69 Å². The molecule has 1 aromatic heterocycles. The summed E-state index contributed by atoms with van der Waals surface area (Å²) in [5, 5.41) is -0.276. The van der Waals surface area contributed by atoms with Crippen molar-refractivity contribution in [3.8, 4) is 0 Å². The maximum Gasteiger partial charge on any atom is 0.246 e. The van der Waals surface area contributed by atoms with E-state index in [1.807, 2.05) is 0 Å². The summed E-state index contributed by atoms with van der Waals surface area (Å²) in [4.78, 5) is 3.69. The minimum absolute atomic E-state index is 0.217. The number of halogens is 2. The second-order valence-electron chi connectivity index (χ2n) is 2.19. The highest BCUT2D eigenvalue weighted by atomic mass is 35.5. The first kappa shape index (κ1) is 10.6. The average molecular weight is 241 g/mol. The number of hydrogen-bond donors (Lipinski definition) is 1. The summed E-state index contributed by atoms with van der Waals surface area (Å²) < 4.78 is 24.2. The number of pyridine rings is 1. The monoisotopic (exact) mass is 240 g/mol. The lowest BCUT2D eigenvalue weighted by Crippen LogP contribution is -2.13. The molecule has 0 atom stereocenters. The third-order valence-electron chi connectivity index (χ3n) is 1.14. The van der Waals surface area contributed by atoms with E-state index in [0.717, 1.165) is 0 Å². The van der Waals surface area contributed by atoms with Crippen molar-refractivity contribution in [3.63, 3.8) is 0 Å². The molecular formula is C6H6Cl2N2O2S. The van der Waals surface area contributed by atoms with Crippen molar-refractivity contribution < 1.29 is 8.42 Å². The molecule has 1 heterocycles. The summed E-state index contributed by atoms with van der Waals surface area (Å²) in [6.45, 7) is 0. The van der Waals surface area contributed by atoms with Crippen LogP contribution in [-0.2, 0) is 10.0 Å². The van der Waals surface area contributed by atoms with Gasteiger partial charge in [-0.15, -0.1) is 11.6 Å². The van der Waals surface area contributed by atoms with Crippen molar-refractivity contribution in [1.82, 2.24) is 4.98 Å². The maximum atomic E-state index is 11.0. The van der Waals surface area contributed by atoms with E-state index in [1.54, 1.807) is 0 Å². The van der Waals surface area contributed by atoms with E-state index in [-0.39, 0.29) is 5.15 Å². The van der Waals surface area contributed by atoms with E-state index in [4.69, 9.17) is 23.2 Å². The molecule has 13 heavy (non-hydrogen) atoms. The van der Waals surface area contributed by atoms with E-state index < -0.39 is 15.2 Å². The highest BCUT2D eigenvalue weighted by molar-refractivity contribution is 7.93. The topological polar surface area (TPSA) is 59.1 Å². The Morgan fingerprint density at radius 3 is 2.77 bits per heavy atom. The van der Waals surface area contributed by atoms with Gasteiger partial charge in [0, 0.05) is 6.20 Å². The molecule has 0 bridgehead atoms. The molecule has 0 aliphatic carbocycles. The fraction of sp³-hybridized carbons (Fsp3) is 0.167. The van der Waals surface area contributed by atoms with Crippen LogP contribution >= 0.6 is 23.2 Å². The predicted molar refractivity (Wildman–Crippen MR) is 52.5 cm³/mol. The molecular weight excluding hydrogens is 235 g/mol. The molecule has 1 aromatic rings. The van der Waals surface area contributed by atoms with Crippen LogP contribution in [0.4, 0.5) is 5.69 Å². The van der Waals surface area contributed by atoms with Crippen molar-refractivity contribution in [1.29, 1.82) is 0 Å². The summed E-state index contributed by atoms with van der Waals surface area (Å²) >= 11 is 10.7. The molecule has 0 aliphatic heterocycles. The van der Waals surface area contributed by atoms with Gasteiger partial charge in [-0.05, 0) is 12.1 Å². The molecule has 0 radical (unpaired) electrons. The minimum Gasteiger partial charge on any atom is -0.282 e. The zero-order chi connectivity index (χ0) is 9.90. The molecule has 7 heteroatoms. The van der Waals surface area contributed by atoms with Gasteiger partial charge < -0.3 is 0 Å². The third kappa shape index (κ3) is 3.38. The Morgan fingerprint density at radius 2 is 2.23 bits per heavy atom. The zero-order valence-corrected chi connectivity index (χ0v) is 8.70. The van der Waals surface area contributed by atoms with Crippen LogP contribution in [0.1, 0.15) is 0 Å². The Hall–Kier alpha value is -0.520. The van der Waals surface area contributed by atoms with Crippen LogP contribution in [0.3, 0.4) is 0 Å². The molecule has 0 saturated carbocycles.